The highest BCUT2D eigenvalue weighted by molar-refractivity contribution is 9.08. The van der Waals surface area contributed by atoms with Crippen LogP contribution in [0.2, 0.25) is 0 Å². The van der Waals surface area contributed by atoms with Crippen LogP contribution in [0.3, 0.4) is 0 Å². The van der Waals surface area contributed by atoms with Crippen molar-refractivity contribution in [3.63, 3.8) is 0 Å². The molecule has 0 spiro atoms. The van der Waals surface area contributed by atoms with Gasteiger partial charge in [-0.15, -0.1) is 0 Å². The summed E-state index contributed by atoms with van der Waals surface area (Å²) in [5.41, 5.74) is 2.08. The minimum atomic E-state index is 0.294. The van der Waals surface area contributed by atoms with Gasteiger partial charge in [-0.25, -0.2) is 0 Å². The van der Waals surface area contributed by atoms with E-state index in [1.165, 1.54) is 18.4 Å². The minimum absolute atomic E-state index is 0.294. The fourth-order valence-corrected chi connectivity index (χ4v) is 2.04. The molecule has 0 heterocycles. The molecule has 15 heavy (non-hydrogen) atoms. The minimum Gasteiger partial charge on any atom is -0.294 e. The molecule has 1 aliphatic rings. The van der Waals surface area contributed by atoms with Gasteiger partial charge in [0.15, 0.2) is 5.78 Å². The van der Waals surface area contributed by atoms with Gasteiger partial charge < -0.3 is 0 Å². The molecule has 2 rings (SSSR count). The summed E-state index contributed by atoms with van der Waals surface area (Å²) in [5.74, 6) is 1.14. The van der Waals surface area contributed by atoms with E-state index in [4.69, 9.17) is 0 Å². The highest BCUT2D eigenvalue weighted by Crippen LogP contribution is 2.33. The second-order valence-corrected chi connectivity index (χ2v) is 4.80. The SMILES string of the molecule is O=C(CCC1CC1)c1ccc(CBr)cc1. The van der Waals surface area contributed by atoms with Gasteiger partial charge in [0.2, 0.25) is 0 Å². The fraction of sp³-hybridized carbons (Fsp3) is 0.462. The maximum atomic E-state index is 11.8. The van der Waals surface area contributed by atoms with Crippen molar-refractivity contribution in [3.05, 3.63) is 35.4 Å². The second kappa shape index (κ2) is 4.93. The number of rotatable bonds is 5. The molecule has 0 bridgehead atoms. The highest BCUT2D eigenvalue weighted by Gasteiger charge is 2.22. The molecule has 2 heteroatoms. The van der Waals surface area contributed by atoms with Crippen LogP contribution in [0.5, 0.6) is 0 Å². The first-order valence-electron chi connectivity index (χ1n) is 5.47. The van der Waals surface area contributed by atoms with E-state index in [-0.39, 0.29) is 0 Å². The normalized spacial score (nSPS) is 15.3. The first-order valence-corrected chi connectivity index (χ1v) is 6.60. The van der Waals surface area contributed by atoms with E-state index in [0.717, 1.165) is 29.7 Å². The van der Waals surface area contributed by atoms with Crippen molar-refractivity contribution < 1.29 is 4.79 Å². The summed E-state index contributed by atoms with van der Waals surface area (Å²) in [5, 5.41) is 0.851. The molecule has 0 aliphatic heterocycles. The summed E-state index contributed by atoms with van der Waals surface area (Å²) >= 11 is 3.39. The van der Waals surface area contributed by atoms with Gasteiger partial charge in [0.1, 0.15) is 0 Å². The maximum Gasteiger partial charge on any atom is 0.162 e. The molecule has 1 aromatic rings. The van der Waals surface area contributed by atoms with Gasteiger partial charge >= 0.3 is 0 Å². The number of hydrogen-bond donors (Lipinski definition) is 0. The molecule has 0 aromatic heterocycles. The molecule has 80 valence electrons. The zero-order valence-electron chi connectivity index (χ0n) is 8.71. The smallest absolute Gasteiger partial charge is 0.162 e. The lowest BCUT2D eigenvalue weighted by atomic mass is 10.0. The Morgan fingerprint density at radius 3 is 2.47 bits per heavy atom. The molecule has 1 fully saturated rings. The van der Waals surface area contributed by atoms with Crippen LogP contribution in [0, 0.1) is 5.92 Å². The van der Waals surface area contributed by atoms with Crippen molar-refractivity contribution in [2.45, 2.75) is 31.0 Å². The van der Waals surface area contributed by atoms with Crippen LogP contribution in [-0.2, 0) is 5.33 Å². The van der Waals surface area contributed by atoms with Crippen LogP contribution in [0.15, 0.2) is 24.3 Å². The van der Waals surface area contributed by atoms with Gasteiger partial charge in [0.05, 0.1) is 0 Å². The quantitative estimate of drug-likeness (QED) is 0.583. The number of alkyl halides is 1. The molecule has 1 nitrogen and oxygen atoms in total. The molecule has 0 radical (unpaired) electrons. The Morgan fingerprint density at radius 2 is 1.93 bits per heavy atom. The number of benzene rings is 1. The average Bonchev–Trinajstić information content (AvgIpc) is 3.10. The number of carbonyl (C=O) groups excluding carboxylic acids is 1. The van der Waals surface area contributed by atoms with Crippen molar-refractivity contribution in [1.82, 2.24) is 0 Å². The molecule has 0 amide bonds. The first-order chi connectivity index (χ1) is 7.29. The molecule has 0 atom stereocenters. The third-order valence-electron chi connectivity index (χ3n) is 2.91. The Kier molecular flexibility index (Phi) is 3.57. The van der Waals surface area contributed by atoms with Gasteiger partial charge in [0.25, 0.3) is 0 Å². The monoisotopic (exact) mass is 266 g/mol. The van der Waals surface area contributed by atoms with E-state index in [1.807, 2.05) is 24.3 Å². The van der Waals surface area contributed by atoms with E-state index in [9.17, 15) is 4.79 Å². The zero-order valence-corrected chi connectivity index (χ0v) is 10.3. The summed E-state index contributed by atoms with van der Waals surface area (Å²) < 4.78 is 0. The van der Waals surface area contributed by atoms with Crippen molar-refractivity contribution in [2.75, 3.05) is 0 Å². The van der Waals surface area contributed by atoms with Crippen LogP contribution in [0.25, 0.3) is 0 Å². The van der Waals surface area contributed by atoms with E-state index in [2.05, 4.69) is 15.9 Å². The number of ketones is 1. The number of Topliss-reactive ketones (excluding diaryl/α,β-unsaturated/α-hetero) is 1. The molecular formula is C13H15BrO. The zero-order chi connectivity index (χ0) is 10.7. The van der Waals surface area contributed by atoms with Gasteiger partial charge in [-0.2, -0.15) is 0 Å². The summed E-state index contributed by atoms with van der Waals surface area (Å²) in [6, 6.07) is 7.90. The maximum absolute atomic E-state index is 11.8. The molecule has 1 aliphatic carbocycles. The van der Waals surface area contributed by atoms with Crippen LogP contribution < -0.4 is 0 Å². The van der Waals surface area contributed by atoms with Crippen LogP contribution in [-0.4, -0.2) is 5.78 Å². The predicted octanol–water partition coefficient (Wildman–Crippen LogP) is 3.95. The Hall–Kier alpha value is -0.630. The molecule has 1 aromatic carbocycles. The van der Waals surface area contributed by atoms with Gasteiger partial charge in [-0.3, -0.25) is 4.79 Å². The third-order valence-corrected chi connectivity index (χ3v) is 3.55. The average molecular weight is 267 g/mol. The van der Waals surface area contributed by atoms with E-state index in [0.29, 0.717) is 5.78 Å². The summed E-state index contributed by atoms with van der Waals surface area (Å²) in [6.45, 7) is 0. The van der Waals surface area contributed by atoms with Crippen LogP contribution in [0.1, 0.15) is 41.6 Å². The topological polar surface area (TPSA) is 17.1 Å². The van der Waals surface area contributed by atoms with Gasteiger partial charge in [-0.1, -0.05) is 53.0 Å². The number of carbonyl (C=O) groups is 1. The summed E-state index contributed by atoms with van der Waals surface area (Å²) in [4.78, 5) is 11.8. The highest BCUT2D eigenvalue weighted by atomic mass is 79.9. The Morgan fingerprint density at radius 1 is 1.27 bits per heavy atom. The van der Waals surface area contributed by atoms with Gasteiger partial charge in [-0.05, 0) is 17.9 Å². The number of halogens is 1. The van der Waals surface area contributed by atoms with Crippen molar-refractivity contribution in [2.24, 2.45) is 5.92 Å². The van der Waals surface area contributed by atoms with Crippen molar-refractivity contribution in [1.29, 1.82) is 0 Å². The largest absolute Gasteiger partial charge is 0.294 e. The molecule has 1 saturated carbocycles. The first kappa shape index (κ1) is 10.9. The van der Waals surface area contributed by atoms with Crippen LogP contribution >= 0.6 is 15.9 Å². The summed E-state index contributed by atoms with van der Waals surface area (Å²) in [7, 11) is 0. The Bertz CT molecular complexity index is 338. The van der Waals surface area contributed by atoms with E-state index >= 15 is 0 Å². The van der Waals surface area contributed by atoms with Crippen LogP contribution in [0.4, 0.5) is 0 Å². The lowest BCUT2D eigenvalue weighted by Gasteiger charge is -2.01. The third kappa shape index (κ3) is 3.16. The van der Waals surface area contributed by atoms with E-state index < -0.39 is 0 Å². The fourth-order valence-electron chi connectivity index (χ4n) is 1.67. The lowest BCUT2D eigenvalue weighted by Crippen LogP contribution is -1.99. The molecule has 0 saturated heterocycles. The van der Waals surface area contributed by atoms with E-state index in [1.54, 1.807) is 0 Å². The standard InChI is InChI=1S/C13H15BrO/c14-9-11-3-6-12(7-4-11)13(15)8-5-10-1-2-10/h3-4,6-7,10H,1-2,5,8-9H2. The Balaban J connectivity index is 1.91. The number of hydrogen-bond acceptors (Lipinski definition) is 1. The van der Waals surface area contributed by atoms with Crippen molar-refractivity contribution in [3.8, 4) is 0 Å². The lowest BCUT2D eigenvalue weighted by molar-refractivity contribution is 0.0978. The molecular weight excluding hydrogens is 252 g/mol. The van der Waals surface area contributed by atoms with Gasteiger partial charge in [0, 0.05) is 17.3 Å². The Labute approximate surface area is 99.0 Å². The summed E-state index contributed by atoms with van der Waals surface area (Å²) in [6.07, 6.45) is 4.46. The molecule has 0 unspecified atom stereocenters. The molecule has 0 N–H and O–H groups in total. The second-order valence-electron chi connectivity index (χ2n) is 4.24. The van der Waals surface area contributed by atoms with Crippen molar-refractivity contribution >= 4 is 21.7 Å². The predicted molar refractivity (Wildman–Crippen MR) is 65.4 cm³/mol.